The maximum absolute atomic E-state index is 13.1. The number of amides is 1. The van der Waals surface area contributed by atoms with Gasteiger partial charge in [0.2, 0.25) is 15.9 Å². The quantitative estimate of drug-likeness (QED) is 0.481. The standard InChI is InChI=1S/C21H21Cl2FN2O5S/c22-17-7-1-13(9-18(17)23)11-25-21(28)10-15-4-8-19(20(12-27)31-15)26-32(29,30)16-5-2-14(24)3-6-16/h1-9,15,19-20,26-27H,10-12H2,(H,25,28)/t15-,19-,20-/m0/s1. The van der Waals surface area contributed by atoms with E-state index in [-0.39, 0.29) is 23.8 Å². The molecule has 0 unspecified atom stereocenters. The number of aliphatic hydroxyl groups is 1. The zero-order valence-corrected chi connectivity index (χ0v) is 19.0. The molecule has 1 heterocycles. The molecule has 3 rings (SSSR count). The van der Waals surface area contributed by atoms with Crippen molar-refractivity contribution in [3.05, 3.63) is 76.0 Å². The number of hydrogen-bond acceptors (Lipinski definition) is 5. The van der Waals surface area contributed by atoms with E-state index >= 15 is 0 Å². The highest BCUT2D eigenvalue weighted by Crippen LogP contribution is 2.23. The predicted molar refractivity (Wildman–Crippen MR) is 118 cm³/mol. The van der Waals surface area contributed by atoms with Crippen LogP contribution in [0.4, 0.5) is 4.39 Å². The van der Waals surface area contributed by atoms with Gasteiger partial charge in [-0.25, -0.2) is 17.5 Å². The van der Waals surface area contributed by atoms with Crippen LogP contribution in [0.1, 0.15) is 12.0 Å². The van der Waals surface area contributed by atoms with E-state index in [1.54, 1.807) is 24.3 Å². The van der Waals surface area contributed by atoms with Gasteiger partial charge < -0.3 is 15.2 Å². The first-order valence-electron chi connectivity index (χ1n) is 9.61. The minimum atomic E-state index is -3.96. The average molecular weight is 503 g/mol. The van der Waals surface area contributed by atoms with Crippen molar-refractivity contribution in [3.8, 4) is 0 Å². The van der Waals surface area contributed by atoms with Crippen molar-refractivity contribution in [1.82, 2.24) is 10.0 Å². The first kappa shape index (κ1) is 24.6. The Bertz CT molecular complexity index is 1100. The third-order valence-electron chi connectivity index (χ3n) is 4.74. The van der Waals surface area contributed by atoms with E-state index in [1.807, 2.05) is 0 Å². The molecule has 1 aliphatic heterocycles. The maximum Gasteiger partial charge on any atom is 0.241 e. The Morgan fingerprint density at radius 2 is 1.81 bits per heavy atom. The van der Waals surface area contributed by atoms with Crippen LogP contribution in [0.15, 0.2) is 59.5 Å². The zero-order valence-electron chi connectivity index (χ0n) is 16.7. The van der Waals surface area contributed by atoms with Crippen molar-refractivity contribution in [2.24, 2.45) is 0 Å². The average Bonchev–Trinajstić information content (AvgIpc) is 2.75. The molecule has 11 heteroatoms. The highest BCUT2D eigenvalue weighted by molar-refractivity contribution is 7.89. The third-order valence-corrected chi connectivity index (χ3v) is 6.95. The predicted octanol–water partition coefficient (Wildman–Crippen LogP) is 2.80. The lowest BCUT2D eigenvalue weighted by atomic mass is 10.1. The van der Waals surface area contributed by atoms with Crippen LogP contribution in [-0.2, 0) is 26.1 Å². The number of ether oxygens (including phenoxy) is 1. The monoisotopic (exact) mass is 502 g/mol. The van der Waals surface area contributed by atoms with Crippen LogP contribution in [0.25, 0.3) is 0 Å². The van der Waals surface area contributed by atoms with E-state index in [1.165, 1.54) is 6.08 Å². The first-order chi connectivity index (χ1) is 15.2. The van der Waals surface area contributed by atoms with Crippen LogP contribution >= 0.6 is 23.2 Å². The number of carbonyl (C=O) groups is 1. The largest absolute Gasteiger partial charge is 0.394 e. The summed E-state index contributed by atoms with van der Waals surface area (Å²) < 4.78 is 46.2. The molecule has 0 saturated heterocycles. The summed E-state index contributed by atoms with van der Waals surface area (Å²) in [4.78, 5) is 12.1. The van der Waals surface area contributed by atoms with E-state index in [9.17, 15) is 22.7 Å². The number of aliphatic hydroxyl groups excluding tert-OH is 1. The van der Waals surface area contributed by atoms with Crippen molar-refractivity contribution in [3.63, 3.8) is 0 Å². The van der Waals surface area contributed by atoms with E-state index in [2.05, 4.69) is 10.0 Å². The number of rotatable bonds is 8. The second kappa shape index (κ2) is 10.7. The van der Waals surface area contributed by atoms with Crippen LogP contribution in [0.2, 0.25) is 10.0 Å². The lowest BCUT2D eigenvalue weighted by Crippen LogP contribution is -2.49. The van der Waals surface area contributed by atoms with Crippen molar-refractivity contribution in [1.29, 1.82) is 0 Å². The van der Waals surface area contributed by atoms with Crippen LogP contribution in [0.5, 0.6) is 0 Å². The molecule has 32 heavy (non-hydrogen) atoms. The molecule has 0 aliphatic carbocycles. The molecule has 3 atom stereocenters. The van der Waals surface area contributed by atoms with Gasteiger partial charge in [0.05, 0.1) is 40.1 Å². The maximum atomic E-state index is 13.1. The Morgan fingerprint density at radius 1 is 1.09 bits per heavy atom. The Hall–Kier alpha value is -2.01. The lowest BCUT2D eigenvalue weighted by molar-refractivity contribution is -0.125. The van der Waals surface area contributed by atoms with Gasteiger partial charge in [-0.3, -0.25) is 4.79 Å². The molecule has 2 aromatic rings. The third kappa shape index (κ3) is 6.50. The van der Waals surface area contributed by atoms with Gasteiger partial charge in [0.25, 0.3) is 0 Å². The Morgan fingerprint density at radius 3 is 2.47 bits per heavy atom. The highest BCUT2D eigenvalue weighted by Gasteiger charge is 2.31. The fourth-order valence-electron chi connectivity index (χ4n) is 3.08. The topological polar surface area (TPSA) is 105 Å². The fraction of sp³-hybridized carbons (Fsp3) is 0.286. The molecule has 0 saturated carbocycles. The molecular weight excluding hydrogens is 482 g/mol. The van der Waals surface area contributed by atoms with Gasteiger partial charge in [0, 0.05) is 6.54 Å². The summed E-state index contributed by atoms with van der Waals surface area (Å²) in [5.74, 6) is -0.855. The summed E-state index contributed by atoms with van der Waals surface area (Å²) >= 11 is 11.8. The Kier molecular flexibility index (Phi) is 8.26. The lowest BCUT2D eigenvalue weighted by Gasteiger charge is -2.31. The van der Waals surface area contributed by atoms with Crippen molar-refractivity contribution in [2.45, 2.75) is 36.1 Å². The summed E-state index contributed by atoms with van der Waals surface area (Å²) in [6.45, 7) is -0.224. The molecule has 7 nitrogen and oxygen atoms in total. The summed E-state index contributed by atoms with van der Waals surface area (Å²) in [7, 11) is -3.96. The van der Waals surface area contributed by atoms with Crippen molar-refractivity contribution in [2.75, 3.05) is 6.61 Å². The molecule has 0 bridgehead atoms. The summed E-state index contributed by atoms with van der Waals surface area (Å²) in [6.07, 6.45) is 1.52. The van der Waals surface area contributed by atoms with E-state index in [4.69, 9.17) is 27.9 Å². The Labute approximate surface area is 195 Å². The molecular formula is C21H21Cl2FN2O5S. The second-order valence-electron chi connectivity index (χ2n) is 7.11. The first-order valence-corrected chi connectivity index (χ1v) is 11.8. The van der Waals surface area contributed by atoms with Crippen LogP contribution in [0.3, 0.4) is 0 Å². The zero-order chi connectivity index (χ0) is 23.3. The number of hydrogen-bond donors (Lipinski definition) is 3. The fourth-order valence-corrected chi connectivity index (χ4v) is 4.62. The molecule has 3 N–H and O–H groups in total. The summed E-state index contributed by atoms with van der Waals surface area (Å²) in [6, 6.07) is 8.53. The van der Waals surface area contributed by atoms with Gasteiger partial charge in [-0.1, -0.05) is 41.4 Å². The molecule has 2 aromatic carbocycles. The number of benzene rings is 2. The van der Waals surface area contributed by atoms with E-state index in [0.29, 0.717) is 10.0 Å². The van der Waals surface area contributed by atoms with E-state index < -0.39 is 40.7 Å². The van der Waals surface area contributed by atoms with E-state index in [0.717, 1.165) is 29.8 Å². The summed E-state index contributed by atoms with van der Waals surface area (Å²) in [5.41, 5.74) is 0.774. The van der Waals surface area contributed by atoms with Gasteiger partial charge in [-0.15, -0.1) is 0 Å². The van der Waals surface area contributed by atoms with Crippen LogP contribution in [0, 0.1) is 5.82 Å². The van der Waals surface area contributed by atoms with Gasteiger partial charge in [0.1, 0.15) is 11.9 Å². The molecule has 0 spiro atoms. The van der Waals surface area contributed by atoms with Crippen molar-refractivity contribution < 1.29 is 27.4 Å². The van der Waals surface area contributed by atoms with Gasteiger partial charge in [0.15, 0.2) is 0 Å². The number of carbonyl (C=O) groups excluding carboxylic acids is 1. The molecule has 0 fully saturated rings. The molecule has 172 valence electrons. The van der Waals surface area contributed by atoms with Crippen LogP contribution < -0.4 is 10.0 Å². The second-order valence-corrected chi connectivity index (χ2v) is 9.64. The van der Waals surface area contributed by atoms with Crippen LogP contribution in [-0.4, -0.2) is 44.3 Å². The Balaban J connectivity index is 1.57. The molecule has 0 aromatic heterocycles. The van der Waals surface area contributed by atoms with Gasteiger partial charge in [-0.2, -0.15) is 0 Å². The van der Waals surface area contributed by atoms with Gasteiger partial charge in [-0.05, 0) is 42.0 Å². The smallest absolute Gasteiger partial charge is 0.241 e. The highest BCUT2D eigenvalue weighted by atomic mass is 35.5. The van der Waals surface area contributed by atoms with Crippen molar-refractivity contribution >= 4 is 39.1 Å². The number of sulfonamides is 1. The SMILES string of the molecule is O=C(C[C@@H]1C=C[C@H](NS(=O)(=O)c2ccc(F)cc2)[C@H](CO)O1)NCc1ccc(Cl)c(Cl)c1. The minimum Gasteiger partial charge on any atom is -0.394 e. The molecule has 1 amide bonds. The van der Waals surface area contributed by atoms with Gasteiger partial charge >= 0.3 is 0 Å². The molecule has 0 radical (unpaired) electrons. The summed E-state index contributed by atoms with van der Waals surface area (Å²) in [5, 5.41) is 13.2. The normalized spacial score (nSPS) is 20.8. The molecule has 1 aliphatic rings. The number of halogens is 3. The minimum absolute atomic E-state index is 0.0221. The number of nitrogens with one attached hydrogen (secondary N) is 2.